The molecule has 0 fully saturated rings. The summed E-state index contributed by atoms with van der Waals surface area (Å²) in [7, 11) is 0. The first-order valence-electron chi connectivity index (χ1n) is 7.61. The first kappa shape index (κ1) is 15.4. The summed E-state index contributed by atoms with van der Waals surface area (Å²) in [5, 5.41) is 3.34. The van der Waals surface area contributed by atoms with Gasteiger partial charge >= 0.3 is 0 Å². The van der Waals surface area contributed by atoms with E-state index in [1.54, 1.807) is 0 Å². The van der Waals surface area contributed by atoms with E-state index in [-0.39, 0.29) is 0 Å². The molecule has 0 saturated heterocycles. The largest absolute Gasteiger partial charge is 0.325 e. The molecule has 0 spiro atoms. The van der Waals surface area contributed by atoms with Crippen LogP contribution in [0.1, 0.15) is 31.5 Å². The monoisotopic (exact) mass is 284 g/mol. The van der Waals surface area contributed by atoms with E-state index in [2.05, 4.69) is 65.2 Å². The van der Waals surface area contributed by atoms with Crippen LogP contribution < -0.4 is 10.2 Å². The maximum absolute atomic E-state index is 4.57. The van der Waals surface area contributed by atoms with Crippen LogP contribution in [0.3, 0.4) is 0 Å². The highest BCUT2D eigenvalue weighted by molar-refractivity contribution is 5.62. The number of nitrogens with zero attached hydrogens (tertiary/aromatic N) is 3. The van der Waals surface area contributed by atoms with Crippen LogP contribution >= 0.6 is 0 Å². The molecular formula is C17H24N4. The minimum Gasteiger partial charge on any atom is -0.325 e. The molecule has 0 aliphatic carbocycles. The lowest BCUT2D eigenvalue weighted by molar-refractivity contribution is 0.662. The van der Waals surface area contributed by atoms with E-state index in [0.29, 0.717) is 0 Å². The van der Waals surface area contributed by atoms with Crippen LogP contribution in [-0.2, 0) is 6.54 Å². The number of anilines is 2. The number of hydrogen-bond acceptors (Lipinski definition) is 4. The summed E-state index contributed by atoms with van der Waals surface area (Å²) >= 11 is 0. The van der Waals surface area contributed by atoms with Gasteiger partial charge in [-0.05, 0) is 38.4 Å². The Balaban J connectivity index is 2.14. The Labute approximate surface area is 127 Å². The lowest BCUT2D eigenvalue weighted by Gasteiger charge is -2.23. The van der Waals surface area contributed by atoms with Gasteiger partial charge in [-0.1, -0.05) is 25.1 Å². The Morgan fingerprint density at radius 3 is 2.52 bits per heavy atom. The second-order valence-corrected chi connectivity index (χ2v) is 5.07. The van der Waals surface area contributed by atoms with E-state index in [4.69, 9.17) is 0 Å². The maximum Gasteiger partial charge on any atom is 0.151 e. The maximum atomic E-state index is 4.57. The van der Waals surface area contributed by atoms with Crippen LogP contribution in [0.4, 0.5) is 11.5 Å². The predicted molar refractivity (Wildman–Crippen MR) is 87.9 cm³/mol. The van der Waals surface area contributed by atoms with Crippen molar-refractivity contribution in [2.45, 2.75) is 33.7 Å². The quantitative estimate of drug-likeness (QED) is 0.791. The van der Waals surface area contributed by atoms with Crippen molar-refractivity contribution in [2.24, 2.45) is 0 Å². The van der Waals surface area contributed by atoms with E-state index >= 15 is 0 Å². The summed E-state index contributed by atoms with van der Waals surface area (Å²) in [5.74, 6) is 0.894. The number of hydrogen-bond donors (Lipinski definition) is 1. The molecule has 2 rings (SSSR count). The average molecular weight is 284 g/mol. The number of rotatable bonds is 7. The van der Waals surface area contributed by atoms with Gasteiger partial charge in [0.2, 0.25) is 0 Å². The van der Waals surface area contributed by atoms with Gasteiger partial charge in [0, 0.05) is 18.8 Å². The van der Waals surface area contributed by atoms with Gasteiger partial charge < -0.3 is 10.2 Å². The predicted octanol–water partition coefficient (Wildman–Crippen LogP) is 3.44. The van der Waals surface area contributed by atoms with Gasteiger partial charge in [0.05, 0.1) is 18.1 Å². The number of aromatic nitrogens is 2. The van der Waals surface area contributed by atoms with Gasteiger partial charge in [0.1, 0.15) is 0 Å². The molecule has 0 amide bonds. The van der Waals surface area contributed by atoms with Gasteiger partial charge in [-0.15, -0.1) is 0 Å². The van der Waals surface area contributed by atoms with Crippen molar-refractivity contribution in [3.63, 3.8) is 0 Å². The number of nitrogens with one attached hydrogen (secondary N) is 1. The fraction of sp³-hybridized carbons (Fsp3) is 0.412. The summed E-state index contributed by atoms with van der Waals surface area (Å²) in [4.78, 5) is 11.3. The molecule has 4 nitrogen and oxygen atoms in total. The normalized spacial score (nSPS) is 10.6. The third-order valence-corrected chi connectivity index (χ3v) is 3.42. The van der Waals surface area contributed by atoms with E-state index in [0.717, 1.165) is 37.6 Å². The third kappa shape index (κ3) is 4.02. The van der Waals surface area contributed by atoms with Gasteiger partial charge in [0.25, 0.3) is 0 Å². The van der Waals surface area contributed by atoms with Crippen molar-refractivity contribution in [1.82, 2.24) is 15.3 Å². The Morgan fingerprint density at radius 2 is 1.90 bits per heavy atom. The molecule has 112 valence electrons. The minimum absolute atomic E-state index is 0.775. The van der Waals surface area contributed by atoms with Crippen LogP contribution in [0.5, 0.6) is 0 Å². The molecule has 0 unspecified atom stereocenters. The van der Waals surface area contributed by atoms with Gasteiger partial charge in [-0.2, -0.15) is 0 Å². The molecule has 1 heterocycles. The molecule has 0 bridgehead atoms. The fourth-order valence-corrected chi connectivity index (χ4v) is 2.29. The SMILES string of the molecule is CCCNCc1cnc(N(CC)c2ccccc2C)cn1. The highest BCUT2D eigenvalue weighted by Crippen LogP contribution is 2.25. The van der Waals surface area contributed by atoms with Crippen LogP contribution in [0.25, 0.3) is 0 Å². The molecule has 0 radical (unpaired) electrons. The lowest BCUT2D eigenvalue weighted by atomic mass is 10.2. The van der Waals surface area contributed by atoms with E-state index in [9.17, 15) is 0 Å². The summed E-state index contributed by atoms with van der Waals surface area (Å²) < 4.78 is 0. The molecule has 0 saturated carbocycles. The van der Waals surface area contributed by atoms with Crippen molar-refractivity contribution in [3.8, 4) is 0 Å². The molecule has 1 aromatic heterocycles. The summed E-state index contributed by atoms with van der Waals surface area (Å²) in [6, 6.07) is 8.36. The first-order valence-corrected chi connectivity index (χ1v) is 7.61. The lowest BCUT2D eigenvalue weighted by Crippen LogP contribution is -2.19. The Bertz CT molecular complexity index is 551. The van der Waals surface area contributed by atoms with Crippen LogP contribution in [-0.4, -0.2) is 23.1 Å². The van der Waals surface area contributed by atoms with E-state index in [1.807, 2.05) is 12.4 Å². The standard InChI is InChI=1S/C17H24N4/c1-4-10-18-11-15-12-20-17(13-19-15)21(5-2)16-9-7-6-8-14(16)3/h6-9,12-13,18H,4-5,10-11H2,1-3H3. The smallest absolute Gasteiger partial charge is 0.151 e. The summed E-state index contributed by atoms with van der Waals surface area (Å²) in [6.45, 7) is 9.06. The molecule has 4 heteroatoms. The molecule has 1 N–H and O–H groups in total. The van der Waals surface area contributed by atoms with E-state index < -0.39 is 0 Å². The molecular weight excluding hydrogens is 260 g/mol. The van der Waals surface area contributed by atoms with Crippen molar-refractivity contribution in [3.05, 3.63) is 47.9 Å². The van der Waals surface area contributed by atoms with Crippen LogP contribution in [0, 0.1) is 6.92 Å². The highest BCUT2D eigenvalue weighted by atomic mass is 15.2. The Morgan fingerprint density at radius 1 is 1.10 bits per heavy atom. The molecule has 0 aliphatic heterocycles. The number of para-hydroxylation sites is 1. The Kier molecular flexibility index (Phi) is 5.69. The minimum atomic E-state index is 0.775. The van der Waals surface area contributed by atoms with Crippen LogP contribution in [0.15, 0.2) is 36.7 Å². The Hall–Kier alpha value is -1.94. The second-order valence-electron chi connectivity index (χ2n) is 5.07. The topological polar surface area (TPSA) is 41.1 Å². The zero-order valence-electron chi connectivity index (χ0n) is 13.1. The van der Waals surface area contributed by atoms with Crippen molar-refractivity contribution in [1.29, 1.82) is 0 Å². The first-order chi connectivity index (χ1) is 10.3. The zero-order valence-corrected chi connectivity index (χ0v) is 13.1. The van der Waals surface area contributed by atoms with Gasteiger partial charge in [0.15, 0.2) is 5.82 Å². The average Bonchev–Trinajstić information content (AvgIpc) is 2.51. The number of aryl methyl sites for hydroxylation is 1. The fourth-order valence-electron chi connectivity index (χ4n) is 2.29. The van der Waals surface area contributed by atoms with Crippen molar-refractivity contribution >= 4 is 11.5 Å². The third-order valence-electron chi connectivity index (χ3n) is 3.42. The molecule has 21 heavy (non-hydrogen) atoms. The van der Waals surface area contributed by atoms with Gasteiger partial charge in [-0.3, -0.25) is 4.98 Å². The van der Waals surface area contributed by atoms with Crippen molar-refractivity contribution < 1.29 is 0 Å². The van der Waals surface area contributed by atoms with E-state index in [1.165, 1.54) is 11.3 Å². The zero-order chi connectivity index (χ0) is 15.1. The number of benzene rings is 1. The molecule has 0 aliphatic rings. The molecule has 1 aromatic carbocycles. The molecule has 0 atom stereocenters. The highest BCUT2D eigenvalue weighted by Gasteiger charge is 2.11. The van der Waals surface area contributed by atoms with Crippen molar-refractivity contribution in [2.75, 3.05) is 18.0 Å². The van der Waals surface area contributed by atoms with Gasteiger partial charge in [-0.25, -0.2) is 4.98 Å². The van der Waals surface area contributed by atoms with Crippen LogP contribution in [0.2, 0.25) is 0 Å². The molecule has 2 aromatic rings. The second kappa shape index (κ2) is 7.74. The summed E-state index contributed by atoms with van der Waals surface area (Å²) in [6.07, 6.45) is 4.85. The summed E-state index contributed by atoms with van der Waals surface area (Å²) in [5.41, 5.74) is 3.41.